The van der Waals surface area contributed by atoms with Crippen molar-refractivity contribution in [3.63, 3.8) is 0 Å². The highest BCUT2D eigenvalue weighted by molar-refractivity contribution is 5.94. The van der Waals surface area contributed by atoms with Crippen LogP contribution in [0.3, 0.4) is 0 Å². The first-order valence-electron chi connectivity index (χ1n) is 9.05. The minimum Gasteiger partial charge on any atom is -0.495 e. The summed E-state index contributed by atoms with van der Waals surface area (Å²) >= 11 is 0. The van der Waals surface area contributed by atoms with Crippen LogP contribution in [0.5, 0.6) is 5.75 Å². The molecule has 1 aliphatic heterocycles. The predicted octanol–water partition coefficient (Wildman–Crippen LogP) is 2.62. The van der Waals surface area contributed by atoms with E-state index in [1.165, 1.54) is 0 Å². The number of anilines is 2. The summed E-state index contributed by atoms with van der Waals surface area (Å²) in [4.78, 5) is 37.3. The summed E-state index contributed by atoms with van der Waals surface area (Å²) in [5.74, 6) is -0.181. The third-order valence-electron chi connectivity index (χ3n) is 4.91. The molecule has 1 aliphatic rings. The molecule has 0 unspecified atom stereocenters. The fourth-order valence-electron chi connectivity index (χ4n) is 3.50. The zero-order chi connectivity index (χ0) is 21.8. The molecule has 0 N–H and O–H groups in total. The normalized spacial score (nSPS) is 13.7. The molecule has 0 amide bonds. The summed E-state index contributed by atoms with van der Waals surface area (Å²) in [6.07, 6.45) is 0. The average molecular weight is 416 g/mol. The molecule has 1 heterocycles. The molecule has 11 nitrogen and oxygen atoms in total. The van der Waals surface area contributed by atoms with Crippen molar-refractivity contribution in [3.8, 4) is 5.75 Å². The van der Waals surface area contributed by atoms with Crippen molar-refractivity contribution in [1.82, 2.24) is 0 Å². The van der Waals surface area contributed by atoms with Crippen molar-refractivity contribution in [2.24, 2.45) is 0 Å². The molecule has 158 valence electrons. The smallest absolute Gasteiger partial charge is 0.338 e. The number of benzene rings is 2. The number of rotatable bonds is 6. The van der Waals surface area contributed by atoms with Gasteiger partial charge < -0.3 is 19.3 Å². The molecule has 30 heavy (non-hydrogen) atoms. The Hall–Kier alpha value is -3.89. The van der Waals surface area contributed by atoms with Crippen LogP contribution in [0.1, 0.15) is 10.4 Å². The molecule has 3 rings (SSSR count). The van der Waals surface area contributed by atoms with E-state index in [1.54, 1.807) is 12.0 Å². The Morgan fingerprint density at radius 2 is 1.47 bits per heavy atom. The predicted molar refractivity (Wildman–Crippen MR) is 109 cm³/mol. The Morgan fingerprint density at radius 1 is 0.933 bits per heavy atom. The van der Waals surface area contributed by atoms with Crippen LogP contribution in [0.25, 0.3) is 0 Å². The van der Waals surface area contributed by atoms with Gasteiger partial charge in [-0.05, 0) is 12.1 Å². The number of nitrogens with zero attached hydrogens (tertiary/aromatic N) is 4. The Bertz CT molecular complexity index is 952. The number of hydrogen-bond acceptors (Lipinski definition) is 9. The molecule has 0 spiro atoms. The summed E-state index contributed by atoms with van der Waals surface area (Å²) in [6.45, 7) is 1.59. The molecule has 2 aromatic carbocycles. The number of nitro benzene ring substituents is 2. The Labute approximate surface area is 171 Å². The van der Waals surface area contributed by atoms with Crippen LogP contribution >= 0.6 is 0 Å². The number of carbonyl (C=O) groups excluding carboxylic acids is 1. The van der Waals surface area contributed by atoms with Gasteiger partial charge in [-0.15, -0.1) is 0 Å². The second kappa shape index (κ2) is 8.64. The van der Waals surface area contributed by atoms with Crippen LogP contribution in [-0.2, 0) is 4.74 Å². The number of piperazine rings is 1. The van der Waals surface area contributed by atoms with E-state index >= 15 is 0 Å². The number of nitro groups is 2. The van der Waals surface area contributed by atoms with Gasteiger partial charge in [-0.1, -0.05) is 12.1 Å². The number of para-hydroxylation sites is 2. The summed E-state index contributed by atoms with van der Waals surface area (Å²) in [5.41, 5.74) is -0.486. The van der Waals surface area contributed by atoms with Gasteiger partial charge in [-0.2, -0.15) is 0 Å². The quantitative estimate of drug-likeness (QED) is 0.396. The van der Waals surface area contributed by atoms with Crippen molar-refractivity contribution >= 4 is 28.7 Å². The summed E-state index contributed by atoms with van der Waals surface area (Å²) in [7, 11) is 2.68. The highest BCUT2D eigenvalue weighted by atomic mass is 16.6. The van der Waals surface area contributed by atoms with Gasteiger partial charge >= 0.3 is 17.3 Å². The Morgan fingerprint density at radius 3 is 1.97 bits per heavy atom. The van der Waals surface area contributed by atoms with Gasteiger partial charge in [0, 0.05) is 38.3 Å². The van der Waals surface area contributed by atoms with Gasteiger partial charge in [-0.3, -0.25) is 20.2 Å². The average Bonchev–Trinajstić information content (AvgIpc) is 2.77. The molecule has 1 fully saturated rings. The first-order valence-corrected chi connectivity index (χ1v) is 9.05. The van der Waals surface area contributed by atoms with E-state index in [2.05, 4.69) is 9.64 Å². The first kappa shape index (κ1) is 20.8. The number of ether oxygens (including phenoxy) is 2. The second-order valence-corrected chi connectivity index (χ2v) is 6.51. The highest BCUT2D eigenvalue weighted by Gasteiger charge is 2.34. The third kappa shape index (κ3) is 3.95. The van der Waals surface area contributed by atoms with Gasteiger partial charge in [-0.25, -0.2) is 4.79 Å². The van der Waals surface area contributed by atoms with E-state index < -0.39 is 27.2 Å². The Kier molecular flexibility index (Phi) is 6.00. The van der Waals surface area contributed by atoms with Gasteiger partial charge in [0.15, 0.2) is 5.69 Å². The zero-order valence-corrected chi connectivity index (χ0v) is 16.4. The van der Waals surface area contributed by atoms with Crippen molar-refractivity contribution in [2.75, 3.05) is 50.2 Å². The topological polar surface area (TPSA) is 128 Å². The molecule has 0 radical (unpaired) electrons. The standard InChI is InChI=1S/C19H20N4O7/c1-29-17-6-4-3-5-14(17)20-7-9-21(10-8-20)18-15(22(25)26)11-13(19(24)30-2)12-16(18)23(27)28/h3-6,11-12H,7-10H2,1-2H3. The van der Waals surface area contributed by atoms with Crippen LogP contribution in [0, 0.1) is 20.2 Å². The lowest BCUT2D eigenvalue weighted by molar-refractivity contribution is -0.392. The molecule has 0 bridgehead atoms. The van der Waals surface area contributed by atoms with Crippen LogP contribution < -0.4 is 14.5 Å². The van der Waals surface area contributed by atoms with Crippen LogP contribution in [-0.4, -0.2) is 56.2 Å². The van der Waals surface area contributed by atoms with Crippen molar-refractivity contribution < 1.29 is 24.1 Å². The van der Waals surface area contributed by atoms with Gasteiger partial charge in [0.2, 0.25) is 0 Å². The first-order chi connectivity index (χ1) is 14.4. The van der Waals surface area contributed by atoms with Gasteiger partial charge in [0.25, 0.3) is 0 Å². The molecule has 1 saturated heterocycles. The zero-order valence-electron chi connectivity index (χ0n) is 16.4. The van der Waals surface area contributed by atoms with E-state index in [0.29, 0.717) is 31.9 Å². The summed E-state index contributed by atoms with van der Waals surface area (Å²) in [5, 5.41) is 23.3. The van der Waals surface area contributed by atoms with E-state index in [-0.39, 0.29) is 11.3 Å². The monoisotopic (exact) mass is 416 g/mol. The lowest BCUT2D eigenvalue weighted by atomic mass is 10.1. The SMILES string of the molecule is COC(=O)c1cc([N+](=O)[O-])c(N2CCN(c3ccccc3OC)CC2)c([N+](=O)[O-])c1. The van der Waals surface area contributed by atoms with E-state index in [9.17, 15) is 25.0 Å². The fourth-order valence-corrected chi connectivity index (χ4v) is 3.50. The number of carbonyl (C=O) groups is 1. The maximum absolute atomic E-state index is 11.8. The van der Waals surface area contributed by atoms with E-state index in [1.807, 2.05) is 24.3 Å². The maximum atomic E-state index is 11.8. The summed E-state index contributed by atoms with van der Waals surface area (Å²) in [6, 6.07) is 9.51. The number of methoxy groups -OCH3 is 2. The van der Waals surface area contributed by atoms with Gasteiger partial charge in [0.1, 0.15) is 5.75 Å². The molecular formula is C19H20N4O7. The van der Waals surface area contributed by atoms with E-state index in [0.717, 1.165) is 24.9 Å². The molecule has 0 saturated carbocycles. The molecule has 0 atom stereocenters. The molecule has 0 aliphatic carbocycles. The molecule has 11 heteroatoms. The van der Waals surface area contributed by atoms with Crippen molar-refractivity contribution in [2.45, 2.75) is 0 Å². The third-order valence-corrected chi connectivity index (χ3v) is 4.91. The lowest BCUT2D eigenvalue weighted by Gasteiger charge is -2.37. The van der Waals surface area contributed by atoms with Crippen molar-refractivity contribution in [1.29, 1.82) is 0 Å². The fraction of sp³-hybridized carbons (Fsp3) is 0.316. The van der Waals surface area contributed by atoms with E-state index in [4.69, 9.17) is 4.74 Å². The molecule has 0 aromatic heterocycles. The van der Waals surface area contributed by atoms with Crippen LogP contribution in [0.2, 0.25) is 0 Å². The molecular weight excluding hydrogens is 396 g/mol. The number of esters is 1. The second-order valence-electron chi connectivity index (χ2n) is 6.51. The van der Waals surface area contributed by atoms with Crippen molar-refractivity contribution in [3.05, 3.63) is 62.2 Å². The van der Waals surface area contributed by atoms with Crippen LogP contribution in [0.15, 0.2) is 36.4 Å². The van der Waals surface area contributed by atoms with Crippen LogP contribution in [0.4, 0.5) is 22.7 Å². The minimum atomic E-state index is -0.881. The highest BCUT2D eigenvalue weighted by Crippen LogP contribution is 2.40. The van der Waals surface area contributed by atoms with Gasteiger partial charge in [0.05, 0.1) is 35.3 Å². The minimum absolute atomic E-state index is 0.114. The lowest BCUT2D eigenvalue weighted by Crippen LogP contribution is -2.47. The maximum Gasteiger partial charge on any atom is 0.338 e. The largest absolute Gasteiger partial charge is 0.495 e. The summed E-state index contributed by atoms with van der Waals surface area (Å²) < 4.78 is 9.94. The molecule has 2 aromatic rings. The Balaban J connectivity index is 1.95. The number of hydrogen-bond donors (Lipinski definition) is 0.